The van der Waals surface area contributed by atoms with Crippen LogP contribution in [0.5, 0.6) is 0 Å². The van der Waals surface area contributed by atoms with Crippen LogP contribution in [-0.4, -0.2) is 32.8 Å². The average molecular weight is 260 g/mol. The summed E-state index contributed by atoms with van der Waals surface area (Å²) in [7, 11) is 0. The lowest BCUT2D eigenvalue weighted by Crippen LogP contribution is -2.36. The van der Waals surface area contributed by atoms with E-state index in [9.17, 15) is 0 Å². The van der Waals surface area contributed by atoms with Gasteiger partial charge in [-0.15, -0.1) is 0 Å². The third kappa shape index (κ3) is 3.95. The molecule has 1 saturated carbocycles. The van der Waals surface area contributed by atoms with Gasteiger partial charge in [0.2, 0.25) is 0 Å². The molecule has 19 heavy (non-hydrogen) atoms. The zero-order valence-corrected chi connectivity index (χ0v) is 11.6. The summed E-state index contributed by atoms with van der Waals surface area (Å²) in [5.74, 6) is 1.02. The maximum absolute atomic E-state index is 5.38. The topological polar surface area (TPSA) is 24.5 Å². The summed E-state index contributed by atoms with van der Waals surface area (Å²) < 4.78 is 5.38. The molecule has 0 spiro atoms. The van der Waals surface area contributed by atoms with Gasteiger partial charge in [0.05, 0.1) is 13.2 Å². The minimum Gasteiger partial charge on any atom is -0.378 e. The summed E-state index contributed by atoms with van der Waals surface area (Å²) in [6.45, 7) is 5.89. The Morgan fingerprint density at radius 1 is 1.11 bits per heavy atom. The molecule has 1 aromatic carbocycles. The molecule has 3 nitrogen and oxygen atoms in total. The number of nitrogens with one attached hydrogen (secondary N) is 1. The van der Waals surface area contributed by atoms with Crippen molar-refractivity contribution in [1.82, 2.24) is 5.32 Å². The Morgan fingerprint density at radius 2 is 1.84 bits per heavy atom. The molecule has 2 fully saturated rings. The van der Waals surface area contributed by atoms with Crippen molar-refractivity contribution in [2.24, 2.45) is 5.92 Å². The first-order valence-corrected chi connectivity index (χ1v) is 7.54. The number of hydrogen-bond donors (Lipinski definition) is 1. The summed E-state index contributed by atoms with van der Waals surface area (Å²) in [5.41, 5.74) is 2.71. The van der Waals surface area contributed by atoms with E-state index in [1.807, 2.05) is 0 Å². The van der Waals surface area contributed by atoms with Crippen LogP contribution in [0.25, 0.3) is 0 Å². The van der Waals surface area contributed by atoms with Gasteiger partial charge in [-0.3, -0.25) is 0 Å². The third-order valence-electron chi connectivity index (χ3n) is 4.07. The van der Waals surface area contributed by atoms with E-state index in [0.717, 1.165) is 45.3 Å². The minimum absolute atomic E-state index is 0.852. The highest BCUT2D eigenvalue weighted by Crippen LogP contribution is 2.31. The van der Waals surface area contributed by atoms with Crippen molar-refractivity contribution < 1.29 is 4.74 Å². The Labute approximate surface area is 115 Å². The Morgan fingerprint density at radius 3 is 2.53 bits per heavy atom. The third-order valence-corrected chi connectivity index (χ3v) is 4.07. The lowest BCUT2D eigenvalue weighted by atomic mass is 10.2. The van der Waals surface area contributed by atoms with Crippen LogP contribution in [0.1, 0.15) is 24.8 Å². The molecular formula is C16H24N2O. The van der Waals surface area contributed by atoms with E-state index in [-0.39, 0.29) is 0 Å². The fourth-order valence-corrected chi connectivity index (χ4v) is 2.59. The molecule has 1 saturated heterocycles. The lowest BCUT2D eigenvalue weighted by molar-refractivity contribution is 0.122. The highest BCUT2D eigenvalue weighted by atomic mass is 16.5. The largest absolute Gasteiger partial charge is 0.378 e. The van der Waals surface area contributed by atoms with Gasteiger partial charge in [-0.1, -0.05) is 25.0 Å². The first-order chi connectivity index (χ1) is 9.42. The standard InChI is InChI=1S/C16H24N2O/c1-2-14(1)7-8-17-13-15-3-5-16(6-4-15)18-9-11-19-12-10-18/h3-6,14,17H,1-2,7-13H2. The zero-order chi connectivity index (χ0) is 12.9. The fourth-order valence-electron chi connectivity index (χ4n) is 2.59. The molecule has 0 radical (unpaired) electrons. The van der Waals surface area contributed by atoms with Crippen molar-refractivity contribution in [3.63, 3.8) is 0 Å². The number of anilines is 1. The van der Waals surface area contributed by atoms with E-state index < -0.39 is 0 Å². The van der Waals surface area contributed by atoms with Crippen LogP contribution in [-0.2, 0) is 11.3 Å². The zero-order valence-electron chi connectivity index (χ0n) is 11.6. The first kappa shape index (κ1) is 12.9. The molecule has 104 valence electrons. The Kier molecular flexibility index (Phi) is 4.36. The normalized spacial score (nSPS) is 19.7. The molecule has 1 aliphatic heterocycles. The summed E-state index contributed by atoms with van der Waals surface area (Å²) in [6.07, 6.45) is 4.26. The maximum atomic E-state index is 5.38. The van der Waals surface area contributed by atoms with E-state index >= 15 is 0 Å². The molecule has 1 heterocycles. The number of benzene rings is 1. The van der Waals surface area contributed by atoms with Crippen molar-refractivity contribution in [2.75, 3.05) is 37.7 Å². The van der Waals surface area contributed by atoms with Crippen LogP contribution < -0.4 is 10.2 Å². The molecular weight excluding hydrogens is 236 g/mol. The van der Waals surface area contributed by atoms with Gasteiger partial charge in [0.1, 0.15) is 0 Å². The van der Waals surface area contributed by atoms with Gasteiger partial charge in [0.15, 0.2) is 0 Å². The molecule has 0 atom stereocenters. The SMILES string of the molecule is c1cc(N2CCOCC2)ccc1CNCCC1CC1. The van der Waals surface area contributed by atoms with Crippen LogP contribution >= 0.6 is 0 Å². The van der Waals surface area contributed by atoms with Crippen molar-refractivity contribution in [3.8, 4) is 0 Å². The van der Waals surface area contributed by atoms with E-state index in [1.165, 1.54) is 30.5 Å². The second kappa shape index (κ2) is 6.40. The molecule has 0 aromatic heterocycles. The molecule has 2 aliphatic rings. The molecule has 0 amide bonds. The van der Waals surface area contributed by atoms with Gasteiger partial charge in [0, 0.05) is 25.3 Å². The summed E-state index contributed by atoms with van der Waals surface area (Å²) in [4.78, 5) is 2.40. The van der Waals surface area contributed by atoms with E-state index in [2.05, 4.69) is 34.5 Å². The maximum Gasteiger partial charge on any atom is 0.0642 e. The quantitative estimate of drug-likeness (QED) is 0.795. The number of morpholine rings is 1. The first-order valence-electron chi connectivity index (χ1n) is 7.54. The smallest absolute Gasteiger partial charge is 0.0642 e. The van der Waals surface area contributed by atoms with Crippen LogP contribution in [0.2, 0.25) is 0 Å². The van der Waals surface area contributed by atoms with Gasteiger partial charge in [-0.05, 0) is 36.6 Å². The average Bonchev–Trinajstić information content (AvgIpc) is 3.29. The Bertz CT molecular complexity index is 380. The molecule has 1 aliphatic carbocycles. The summed E-state index contributed by atoms with van der Waals surface area (Å²) in [5, 5.41) is 3.54. The van der Waals surface area contributed by atoms with E-state index in [0.29, 0.717) is 0 Å². The fraction of sp³-hybridized carbons (Fsp3) is 0.625. The predicted octanol–water partition coefficient (Wildman–Crippen LogP) is 2.41. The van der Waals surface area contributed by atoms with Crippen LogP contribution in [0.4, 0.5) is 5.69 Å². The summed E-state index contributed by atoms with van der Waals surface area (Å²) >= 11 is 0. The highest BCUT2D eigenvalue weighted by molar-refractivity contribution is 5.47. The number of hydrogen-bond acceptors (Lipinski definition) is 3. The molecule has 0 bridgehead atoms. The van der Waals surface area contributed by atoms with Crippen molar-refractivity contribution >= 4 is 5.69 Å². The number of nitrogens with zero attached hydrogens (tertiary/aromatic N) is 1. The van der Waals surface area contributed by atoms with Crippen LogP contribution in [0, 0.1) is 5.92 Å². The van der Waals surface area contributed by atoms with Crippen LogP contribution in [0.3, 0.4) is 0 Å². The van der Waals surface area contributed by atoms with Gasteiger partial charge in [-0.2, -0.15) is 0 Å². The van der Waals surface area contributed by atoms with Gasteiger partial charge in [-0.25, -0.2) is 0 Å². The molecule has 3 rings (SSSR count). The van der Waals surface area contributed by atoms with Crippen LogP contribution in [0.15, 0.2) is 24.3 Å². The number of ether oxygens (including phenoxy) is 1. The lowest BCUT2D eigenvalue weighted by Gasteiger charge is -2.28. The monoisotopic (exact) mass is 260 g/mol. The molecule has 0 unspecified atom stereocenters. The Hall–Kier alpha value is -1.06. The van der Waals surface area contributed by atoms with Crippen molar-refractivity contribution in [1.29, 1.82) is 0 Å². The van der Waals surface area contributed by atoms with E-state index in [4.69, 9.17) is 4.74 Å². The Balaban J connectivity index is 1.44. The van der Waals surface area contributed by atoms with E-state index in [1.54, 1.807) is 0 Å². The summed E-state index contributed by atoms with van der Waals surface area (Å²) in [6, 6.07) is 8.97. The second-order valence-electron chi connectivity index (χ2n) is 5.67. The molecule has 1 aromatic rings. The second-order valence-corrected chi connectivity index (χ2v) is 5.67. The van der Waals surface area contributed by atoms with Gasteiger partial charge >= 0.3 is 0 Å². The minimum atomic E-state index is 0.852. The van der Waals surface area contributed by atoms with Crippen molar-refractivity contribution in [3.05, 3.63) is 29.8 Å². The molecule has 3 heteroatoms. The molecule has 1 N–H and O–H groups in total. The highest BCUT2D eigenvalue weighted by Gasteiger charge is 2.19. The predicted molar refractivity (Wildman–Crippen MR) is 78.5 cm³/mol. The number of rotatable bonds is 6. The van der Waals surface area contributed by atoms with Crippen molar-refractivity contribution in [2.45, 2.75) is 25.8 Å². The van der Waals surface area contributed by atoms with Gasteiger partial charge < -0.3 is 15.0 Å². The van der Waals surface area contributed by atoms with Gasteiger partial charge in [0.25, 0.3) is 0 Å².